The van der Waals surface area contributed by atoms with E-state index in [9.17, 15) is 19.2 Å². The highest BCUT2D eigenvalue weighted by Gasteiger charge is 2.36. The number of nitrogens with zero attached hydrogens (tertiary/aromatic N) is 1. The fraction of sp³-hybridized carbons (Fsp3) is 0.111. The maximum Gasteiger partial charge on any atom is 0.339 e. The van der Waals surface area contributed by atoms with Crippen LogP contribution in [0.2, 0.25) is 5.02 Å². The van der Waals surface area contributed by atoms with Crippen molar-refractivity contribution in [1.29, 1.82) is 0 Å². The van der Waals surface area contributed by atoms with Crippen molar-refractivity contribution in [2.75, 3.05) is 19.0 Å². The number of esters is 1. The maximum absolute atomic E-state index is 12.4. The zero-order chi connectivity index (χ0) is 20.3. The predicted octanol–water partition coefficient (Wildman–Crippen LogP) is 3.39. The Morgan fingerprint density at radius 2 is 2.11 bits per heavy atom. The van der Waals surface area contributed by atoms with Crippen LogP contribution < -0.4 is 5.32 Å². The van der Waals surface area contributed by atoms with Crippen LogP contribution in [0.1, 0.15) is 16.1 Å². The Labute approximate surface area is 168 Å². The number of carbonyl (C=O) groups excluding carboxylic acids is 4. The summed E-state index contributed by atoms with van der Waals surface area (Å²) in [6, 6.07) is 7.54. The molecule has 0 unspecified atom stereocenters. The van der Waals surface area contributed by atoms with Crippen LogP contribution in [-0.4, -0.2) is 41.6 Å². The van der Waals surface area contributed by atoms with Crippen LogP contribution in [0.5, 0.6) is 0 Å². The SMILES string of the molecule is COC(=O)c1cc(NC(=O)CN2C(=O)SC(=Cc3ccco3)C2=O)ccc1Cl. The number of amides is 3. The van der Waals surface area contributed by atoms with Gasteiger partial charge in [-0.15, -0.1) is 0 Å². The second kappa shape index (κ2) is 8.32. The topological polar surface area (TPSA) is 106 Å². The van der Waals surface area contributed by atoms with E-state index in [0.29, 0.717) is 5.76 Å². The molecule has 0 radical (unpaired) electrons. The summed E-state index contributed by atoms with van der Waals surface area (Å²) in [5, 5.41) is 2.12. The lowest BCUT2D eigenvalue weighted by atomic mass is 10.2. The molecule has 2 heterocycles. The minimum absolute atomic E-state index is 0.0783. The molecule has 1 aromatic carbocycles. The van der Waals surface area contributed by atoms with Gasteiger partial charge in [-0.25, -0.2) is 4.79 Å². The molecule has 2 aromatic rings. The van der Waals surface area contributed by atoms with E-state index >= 15 is 0 Å². The van der Waals surface area contributed by atoms with Crippen LogP contribution in [0.25, 0.3) is 6.08 Å². The molecule has 1 N–H and O–H groups in total. The second-order valence-electron chi connectivity index (χ2n) is 5.52. The van der Waals surface area contributed by atoms with Crippen LogP contribution in [0.3, 0.4) is 0 Å². The zero-order valence-electron chi connectivity index (χ0n) is 14.4. The summed E-state index contributed by atoms with van der Waals surface area (Å²) in [5.74, 6) is -1.44. The van der Waals surface area contributed by atoms with Gasteiger partial charge in [-0.05, 0) is 42.1 Å². The summed E-state index contributed by atoms with van der Waals surface area (Å²) < 4.78 is 9.74. The summed E-state index contributed by atoms with van der Waals surface area (Å²) in [6.45, 7) is -0.476. The Morgan fingerprint density at radius 3 is 2.79 bits per heavy atom. The van der Waals surface area contributed by atoms with Crippen LogP contribution in [0, 0.1) is 0 Å². The molecule has 3 rings (SSSR count). The van der Waals surface area contributed by atoms with E-state index in [4.69, 9.17) is 16.0 Å². The van der Waals surface area contributed by atoms with E-state index in [0.717, 1.165) is 16.7 Å². The highest BCUT2D eigenvalue weighted by atomic mass is 35.5. The molecule has 0 saturated carbocycles. The van der Waals surface area contributed by atoms with E-state index in [-0.39, 0.29) is 21.2 Å². The van der Waals surface area contributed by atoms with Crippen molar-refractivity contribution >= 4 is 58.1 Å². The first-order chi connectivity index (χ1) is 13.4. The van der Waals surface area contributed by atoms with Crippen molar-refractivity contribution < 1.29 is 28.3 Å². The normalized spacial score (nSPS) is 15.2. The number of carbonyl (C=O) groups is 4. The molecule has 0 aliphatic carbocycles. The van der Waals surface area contributed by atoms with Gasteiger partial charge in [0.15, 0.2) is 0 Å². The van der Waals surface area contributed by atoms with E-state index in [1.54, 1.807) is 12.1 Å². The number of halogens is 1. The first kappa shape index (κ1) is 19.7. The van der Waals surface area contributed by atoms with E-state index in [1.807, 2.05) is 0 Å². The number of benzene rings is 1. The number of ether oxygens (including phenoxy) is 1. The Hall–Kier alpha value is -3.04. The number of rotatable bonds is 5. The highest BCUT2D eigenvalue weighted by molar-refractivity contribution is 8.18. The Bertz CT molecular complexity index is 986. The summed E-state index contributed by atoms with van der Waals surface area (Å²) in [6.07, 6.45) is 2.88. The minimum Gasteiger partial charge on any atom is -0.465 e. The number of thioether (sulfide) groups is 1. The summed E-state index contributed by atoms with van der Waals surface area (Å²) in [5.41, 5.74) is 0.349. The largest absolute Gasteiger partial charge is 0.465 e. The van der Waals surface area contributed by atoms with Crippen molar-refractivity contribution in [3.8, 4) is 0 Å². The van der Waals surface area contributed by atoms with E-state index < -0.39 is 29.6 Å². The lowest BCUT2D eigenvalue weighted by Gasteiger charge is -2.13. The maximum atomic E-state index is 12.4. The van der Waals surface area contributed by atoms with Gasteiger partial charge < -0.3 is 14.5 Å². The van der Waals surface area contributed by atoms with Gasteiger partial charge >= 0.3 is 5.97 Å². The molecule has 1 aliphatic heterocycles. The lowest BCUT2D eigenvalue weighted by Crippen LogP contribution is -2.36. The standard InChI is InChI=1S/C18H13ClN2O6S/c1-26-17(24)12-7-10(4-5-13(12)19)20-15(22)9-21-16(23)14(28-18(21)25)8-11-3-2-6-27-11/h2-8H,9H2,1H3,(H,20,22). The molecule has 8 nitrogen and oxygen atoms in total. The fourth-order valence-electron chi connectivity index (χ4n) is 2.35. The van der Waals surface area contributed by atoms with Gasteiger partial charge in [-0.1, -0.05) is 11.6 Å². The van der Waals surface area contributed by atoms with Gasteiger partial charge in [0.25, 0.3) is 11.1 Å². The van der Waals surface area contributed by atoms with Gasteiger partial charge in [-0.3, -0.25) is 19.3 Å². The second-order valence-corrected chi connectivity index (χ2v) is 6.92. The van der Waals surface area contributed by atoms with Crippen molar-refractivity contribution in [3.63, 3.8) is 0 Å². The Morgan fingerprint density at radius 1 is 1.32 bits per heavy atom. The van der Waals surface area contributed by atoms with Crippen molar-refractivity contribution in [2.24, 2.45) is 0 Å². The third-order valence-electron chi connectivity index (χ3n) is 3.65. The predicted molar refractivity (Wildman–Crippen MR) is 103 cm³/mol. The molecular weight excluding hydrogens is 408 g/mol. The van der Waals surface area contributed by atoms with Crippen LogP contribution in [-0.2, 0) is 14.3 Å². The van der Waals surface area contributed by atoms with Crippen molar-refractivity contribution in [1.82, 2.24) is 4.90 Å². The van der Waals surface area contributed by atoms with Gasteiger partial charge in [0, 0.05) is 11.8 Å². The molecule has 1 aromatic heterocycles. The van der Waals surface area contributed by atoms with Crippen molar-refractivity contribution in [2.45, 2.75) is 0 Å². The Balaban J connectivity index is 1.69. The monoisotopic (exact) mass is 420 g/mol. The number of methoxy groups -OCH3 is 1. The van der Waals surface area contributed by atoms with Crippen LogP contribution in [0.4, 0.5) is 10.5 Å². The van der Waals surface area contributed by atoms with Gasteiger partial charge in [0.1, 0.15) is 12.3 Å². The quantitative estimate of drug-likeness (QED) is 0.583. The number of furan rings is 1. The van der Waals surface area contributed by atoms with Crippen molar-refractivity contribution in [3.05, 3.63) is 57.8 Å². The van der Waals surface area contributed by atoms with Crippen LogP contribution in [0.15, 0.2) is 45.9 Å². The number of hydrogen-bond acceptors (Lipinski definition) is 7. The molecule has 1 saturated heterocycles. The molecule has 0 atom stereocenters. The van der Waals surface area contributed by atoms with Gasteiger partial charge in [-0.2, -0.15) is 0 Å². The number of anilines is 1. The number of nitrogens with one attached hydrogen (secondary N) is 1. The minimum atomic E-state index is -0.657. The molecule has 1 aliphatic rings. The lowest BCUT2D eigenvalue weighted by molar-refractivity contribution is -0.127. The zero-order valence-corrected chi connectivity index (χ0v) is 16.0. The third kappa shape index (κ3) is 4.26. The van der Waals surface area contributed by atoms with E-state index in [2.05, 4.69) is 10.1 Å². The molecule has 144 valence electrons. The highest BCUT2D eigenvalue weighted by Crippen LogP contribution is 2.32. The fourth-order valence-corrected chi connectivity index (χ4v) is 3.37. The first-order valence-corrected chi connectivity index (χ1v) is 9.05. The summed E-state index contributed by atoms with van der Waals surface area (Å²) >= 11 is 6.65. The molecule has 1 fully saturated rings. The first-order valence-electron chi connectivity index (χ1n) is 7.85. The molecule has 10 heteroatoms. The molecule has 0 bridgehead atoms. The summed E-state index contributed by atoms with van der Waals surface area (Å²) in [7, 11) is 1.21. The Kier molecular flexibility index (Phi) is 5.86. The summed E-state index contributed by atoms with van der Waals surface area (Å²) in [4.78, 5) is 49.4. The van der Waals surface area contributed by atoms with E-state index in [1.165, 1.54) is 37.6 Å². The molecular formula is C18H13ClN2O6S. The third-order valence-corrected chi connectivity index (χ3v) is 4.88. The molecule has 28 heavy (non-hydrogen) atoms. The molecule has 0 spiro atoms. The average Bonchev–Trinajstić information content (AvgIpc) is 3.27. The average molecular weight is 421 g/mol. The molecule has 3 amide bonds. The van der Waals surface area contributed by atoms with Crippen LogP contribution >= 0.6 is 23.4 Å². The van der Waals surface area contributed by atoms with Gasteiger partial charge in [0.2, 0.25) is 5.91 Å². The smallest absolute Gasteiger partial charge is 0.339 e. The van der Waals surface area contributed by atoms with Gasteiger partial charge in [0.05, 0.1) is 28.9 Å². The number of imide groups is 1. The number of hydrogen-bond donors (Lipinski definition) is 1.